The van der Waals surface area contributed by atoms with Gasteiger partial charge in [0.2, 0.25) is 11.8 Å². The van der Waals surface area contributed by atoms with Gasteiger partial charge in [0.15, 0.2) is 0 Å². The SMILES string of the molecule is CCC(CC)C(=O)N(Cc1cc(NC(=O)C2CC2)ccc1N(C)C)C(C)CC. The Labute approximate surface area is 170 Å². The summed E-state index contributed by atoms with van der Waals surface area (Å²) in [7, 11) is 4.02. The third kappa shape index (κ3) is 5.49. The summed E-state index contributed by atoms with van der Waals surface area (Å²) in [5.74, 6) is 0.575. The Hall–Kier alpha value is -2.04. The zero-order valence-electron chi connectivity index (χ0n) is 18.4. The average molecular weight is 388 g/mol. The first kappa shape index (κ1) is 22.3. The predicted molar refractivity (Wildman–Crippen MR) is 116 cm³/mol. The van der Waals surface area contributed by atoms with Gasteiger partial charge in [0.1, 0.15) is 0 Å². The van der Waals surface area contributed by atoms with Crippen molar-refractivity contribution in [1.82, 2.24) is 4.90 Å². The number of nitrogens with one attached hydrogen (secondary N) is 1. The highest BCUT2D eigenvalue weighted by Gasteiger charge is 2.30. The van der Waals surface area contributed by atoms with Crippen molar-refractivity contribution in [2.24, 2.45) is 11.8 Å². The van der Waals surface area contributed by atoms with E-state index < -0.39 is 0 Å². The van der Waals surface area contributed by atoms with Crippen LogP contribution < -0.4 is 10.2 Å². The monoisotopic (exact) mass is 387 g/mol. The number of anilines is 2. The van der Waals surface area contributed by atoms with Crippen molar-refractivity contribution in [3.8, 4) is 0 Å². The fourth-order valence-electron chi connectivity index (χ4n) is 3.54. The van der Waals surface area contributed by atoms with E-state index in [2.05, 4.69) is 37.9 Å². The van der Waals surface area contributed by atoms with Gasteiger partial charge in [-0.2, -0.15) is 0 Å². The summed E-state index contributed by atoms with van der Waals surface area (Å²) in [6.07, 6.45) is 4.61. The second-order valence-electron chi connectivity index (χ2n) is 8.24. The highest BCUT2D eigenvalue weighted by Crippen LogP contribution is 2.31. The number of benzene rings is 1. The molecule has 0 bridgehead atoms. The molecular weight excluding hydrogens is 350 g/mol. The lowest BCUT2D eigenvalue weighted by molar-refractivity contribution is -0.138. The van der Waals surface area contributed by atoms with Gasteiger partial charge in [-0.1, -0.05) is 20.8 Å². The molecule has 28 heavy (non-hydrogen) atoms. The van der Waals surface area contributed by atoms with Crippen molar-refractivity contribution in [3.05, 3.63) is 23.8 Å². The molecule has 156 valence electrons. The minimum atomic E-state index is 0.0644. The van der Waals surface area contributed by atoms with Crippen LogP contribution in [0.2, 0.25) is 0 Å². The molecule has 0 radical (unpaired) electrons. The van der Waals surface area contributed by atoms with Gasteiger partial charge in [-0.25, -0.2) is 0 Å². The summed E-state index contributed by atoms with van der Waals surface area (Å²) < 4.78 is 0. The highest BCUT2D eigenvalue weighted by atomic mass is 16.2. The number of carbonyl (C=O) groups excluding carboxylic acids is 2. The van der Waals surface area contributed by atoms with Crippen LogP contribution >= 0.6 is 0 Å². The standard InChI is InChI=1S/C23H37N3O2/c1-7-16(4)26(23(28)17(8-2)9-3)15-19-14-20(12-13-21(19)25(5)6)24-22(27)18-10-11-18/h12-14,16-18H,7-11,15H2,1-6H3,(H,24,27). The maximum absolute atomic E-state index is 13.2. The Balaban J connectivity index is 2.31. The summed E-state index contributed by atoms with van der Waals surface area (Å²) >= 11 is 0. The second-order valence-corrected chi connectivity index (χ2v) is 8.24. The van der Waals surface area contributed by atoms with Gasteiger partial charge in [-0.05, 0) is 62.8 Å². The molecule has 1 saturated carbocycles. The molecular formula is C23H37N3O2. The van der Waals surface area contributed by atoms with Crippen LogP contribution in [-0.4, -0.2) is 36.9 Å². The number of nitrogens with zero attached hydrogens (tertiary/aromatic N) is 2. The maximum Gasteiger partial charge on any atom is 0.227 e. The van der Waals surface area contributed by atoms with Crippen molar-refractivity contribution in [1.29, 1.82) is 0 Å². The Morgan fingerprint density at radius 1 is 1.11 bits per heavy atom. The summed E-state index contributed by atoms with van der Waals surface area (Å²) in [5.41, 5.74) is 2.96. The summed E-state index contributed by atoms with van der Waals surface area (Å²) in [6.45, 7) is 8.97. The van der Waals surface area contributed by atoms with Crippen LogP contribution in [-0.2, 0) is 16.1 Å². The van der Waals surface area contributed by atoms with Gasteiger partial charge in [0.05, 0.1) is 0 Å². The molecule has 0 heterocycles. The molecule has 1 atom stereocenters. The normalized spacial score (nSPS) is 14.7. The second kappa shape index (κ2) is 9.94. The average Bonchev–Trinajstić information content (AvgIpc) is 3.51. The molecule has 0 aromatic heterocycles. The molecule has 5 heteroatoms. The molecule has 1 aromatic carbocycles. The van der Waals surface area contributed by atoms with E-state index in [1.807, 2.05) is 37.2 Å². The van der Waals surface area contributed by atoms with E-state index >= 15 is 0 Å². The Kier molecular flexibility index (Phi) is 7.90. The maximum atomic E-state index is 13.2. The molecule has 1 fully saturated rings. The van der Waals surface area contributed by atoms with Crippen LogP contribution in [0, 0.1) is 11.8 Å². The van der Waals surface area contributed by atoms with Crippen LogP contribution in [0.25, 0.3) is 0 Å². The Morgan fingerprint density at radius 2 is 1.75 bits per heavy atom. The topological polar surface area (TPSA) is 52.7 Å². The van der Waals surface area contributed by atoms with Gasteiger partial charge >= 0.3 is 0 Å². The van der Waals surface area contributed by atoms with Crippen molar-refractivity contribution in [2.75, 3.05) is 24.3 Å². The van der Waals surface area contributed by atoms with E-state index in [0.717, 1.165) is 49.0 Å². The van der Waals surface area contributed by atoms with Gasteiger partial charge in [0.25, 0.3) is 0 Å². The third-order valence-corrected chi connectivity index (χ3v) is 5.86. The summed E-state index contributed by atoms with van der Waals surface area (Å²) in [5, 5.41) is 3.04. The smallest absolute Gasteiger partial charge is 0.227 e. The molecule has 2 amide bonds. The van der Waals surface area contributed by atoms with Crippen molar-refractivity contribution in [2.45, 2.75) is 72.4 Å². The fourth-order valence-corrected chi connectivity index (χ4v) is 3.54. The first-order valence-corrected chi connectivity index (χ1v) is 10.7. The molecule has 1 aromatic rings. The number of amides is 2. The molecule has 1 aliphatic carbocycles. The lowest BCUT2D eigenvalue weighted by Crippen LogP contribution is -2.41. The van der Waals surface area contributed by atoms with Crippen LogP contribution in [0.5, 0.6) is 0 Å². The highest BCUT2D eigenvalue weighted by molar-refractivity contribution is 5.94. The number of carbonyl (C=O) groups is 2. The van der Waals surface area contributed by atoms with Crippen LogP contribution in [0.3, 0.4) is 0 Å². The zero-order valence-corrected chi connectivity index (χ0v) is 18.4. The van der Waals surface area contributed by atoms with Crippen LogP contribution in [0.15, 0.2) is 18.2 Å². The largest absolute Gasteiger partial charge is 0.377 e. The van der Waals surface area contributed by atoms with E-state index in [9.17, 15) is 9.59 Å². The minimum Gasteiger partial charge on any atom is -0.377 e. The first-order valence-electron chi connectivity index (χ1n) is 10.7. The number of hydrogen-bond acceptors (Lipinski definition) is 3. The van der Waals surface area contributed by atoms with Gasteiger partial charge in [-0.3, -0.25) is 9.59 Å². The van der Waals surface area contributed by atoms with Gasteiger partial charge in [-0.15, -0.1) is 0 Å². The van der Waals surface area contributed by atoms with E-state index in [-0.39, 0.29) is 29.7 Å². The summed E-state index contributed by atoms with van der Waals surface area (Å²) in [4.78, 5) is 29.5. The molecule has 0 spiro atoms. The molecule has 1 unspecified atom stereocenters. The Morgan fingerprint density at radius 3 is 2.25 bits per heavy atom. The molecule has 5 nitrogen and oxygen atoms in total. The lowest BCUT2D eigenvalue weighted by Gasteiger charge is -2.33. The van der Waals surface area contributed by atoms with Crippen molar-refractivity contribution >= 4 is 23.2 Å². The van der Waals surface area contributed by atoms with E-state index in [1.54, 1.807) is 0 Å². The van der Waals surface area contributed by atoms with Gasteiger partial charge in [0, 0.05) is 49.9 Å². The lowest BCUT2D eigenvalue weighted by atomic mass is 9.99. The van der Waals surface area contributed by atoms with Crippen LogP contribution in [0.4, 0.5) is 11.4 Å². The molecule has 1 N–H and O–H groups in total. The zero-order chi connectivity index (χ0) is 20.8. The Bertz CT molecular complexity index is 678. The number of hydrogen-bond donors (Lipinski definition) is 1. The molecule has 2 rings (SSSR count). The van der Waals surface area contributed by atoms with E-state index in [4.69, 9.17) is 0 Å². The quantitative estimate of drug-likeness (QED) is 0.635. The molecule has 1 aliphatic rings. The first-order chi connectivity index (χ1) is 13.3. The van der Waals surface area contributed by atoms with Crippen molar-refractivity contribution in [3.63, 3.8) is 0 Å². The number of rotatable bonds is 10. The van der Waals surface area contributed by atoms with Crippen LogP contribution in [0.1, 0.15) is 65.4 Å². The minimum absolute atomic E-state index is 0.0644. The predicted octanol–water partition coefficient (Wildman–Crippen LogP) is 4.66. The van der Waals surface area contributed by atoms with E-state index in [1.165, 1.54) is 0 Å². The molecule has 0 aliphatic heterocycles. The van der Waals surface area contributed by atoms with Gasteiger partial charge < -0.3 is 15.1 Å². The van der Waals surface area contributed by atoms with Crippen molar-refractivity contribution < 1.29 is 9.59 Å². The molecule has 0 saturated heterocycles. The third-order valence-electron chi connectivity index (χ3n) is 5.86. The summed E-state index contributed by atoms with van der Waals surface area (Å²) in [6, 6.07) is 6.20. The fraction of sp³-hybridized carbons (Fsp3) is 0.652. The van der Waals surface area contributed by atoms with E-state index in [0.29, 0.717) is 6.54 Å².